The number of rotatable bonds is 5. The zero-order chi connectivity index (χ0) is 17.9. The second kappa shape index (κ2) is 7.69. The number of ether oxygens (including phenoxy) is 2. The van der Waals surface area contributed by atoms with E-state index < -0.39 is 5.60 Å². The van der Waals surface area contributed by atoms with Gasteiger partial charge in [0.1, 0.15) is 6.10 Å². The van der Waals surface area contributed by atoms with Gasteiger partial charge in [0.2, 0.25) is 0 Å². The number of hydrogen-bond acceptors (Lipinski definition) is 3. The molecule has 1 aliphatic rings. The van der Waals surface area contributed by atoms with Crippen LogP contribution in [0.25, 0.3) is 0 Å². The molecule has 3 nitrogen and oxygen atoms in total. The van der Waals surface area contributed by atoms with Crippen LogP contribution < -0.4 is 0 Å². The van der Waals surface area contributed by atoms with Gasteiger partial charge < -0.3 is 9.47 Å². The van der Waals surface area contributed by atoms with Gasteiger partial charge in [-0.05, 0) is 55.6 Å². The van der Waals surface area contributed by atoms with Gasteiger partial charge >= 0.3 is 5.97 Å². The molecule has 3 heteroatoms. The zero-order valence-corrected chi connectivity index (χ0v) is 16.0. The van der Waals surface area contributed by atoms with Crippen molar-refractivity contribution in [3.05, 3.63) is 35.4 Å². The van der Waals surface area contributed by atoms with E-state index in [9.17, 15) is 4.79 Å². The molecule has 1 aliphatic carbocycles. The van der Waals surface area contributed by atoms with Gasteiger partial charge in [-0.2, -0.15) is 0 Å². The summed E-state index contributed by atoms with van der Waals surface area (Å²) in [5, 5.41) is 0. The molecule has 0 unspecified atom stereocenters. The lowest BCUT2D eigenvalue weighted by Crippen LogP contribution is -2.43. The van der Waals surface area contributed by atoms with E-state index in [1.54, 1.807) is 7.11 Å². The fraction of sp³-hybridized carbons (Fsp3) is 0.667. The third-order valence-corrected chi connectivity index (χ3v) is 5.68. The van der Waals surface area contributed by atoms with Gasteiger partial charge in [-0.3, -0.25) is 0 Å². The summed E-state index contributed by atoms with van der Waals surface area (Å²) in [6.45, 7) is 10.5. The van der Waals surface area contributed by atoms with Gasteiger partial charge in [-0.1, -0.05) is 51.5 Å². The van der Waals surface area contributed by atoms with Gasteiger partial charge in [-0.15, -0.1) is 0 Å². The maximum Gasteiger partial charge on any atom is 0.343 e. The van der Waals surface area contributed by atoms with Crippen molar-refractivity contribution in [1.82, 2.24) is 0 Å². The largest absolute Gasteiger partial charge is 0.460 e. The van der Waals surface area contributed by atoms with Crippen molar-refractivity contribution in [1.29, 1.82) is 0 Å². The van der Waals surface area contributed by atoms with Gasteiger partial charge in [-0.25, -0.2) is 4.79 Å². The number of esters is 1. The Morgan fingerprint density at radius 3 is 2.50 bits per heavy atom. The Hall–Kier alpha value is -1.35. The van der Waals surface area contributed by atoms with E-state index in [1.165, 1.54) is 6.42 Å². The highest BCUT2D eigenvalue weighted by molar-refractivity contribution is 5.81. The Labute approximate surface area is 146 Å². The molecule has 1 aromatic carbocycles. The highest BCUT2D eigenvalue weighted by atomic mass is 16.6. The highest BCUT2D eigenvalue weighted by Crippen LogP contribution is 2.37. The smallest absolute Gasteiger partial charge is 0.343 e. The van der Waals surface area contributed by atoms with Crippen LogP contribution in [0.4, 0.5) is 0 Å². The van der Waals surface area contributed by atoms with E-state index in [0.29, 0.717) is 17.8 Å². The van der Waals surface area contributed by atoms with Crippen LogP contribution in [-0.4, -0.2) is 19.2 Å². The summed E-state index contributed by atoms with van der Waals surface area (Å²) in [6, 6.07) is 7.85. The first-order chi connectivity index (χ1) is 11.3. The second-order valence-corrected chi connectivity index (χ2v) is 7.82. The summed E-state index contributed by atoms with van der Waals surface area (Å²) < 4.78 is 11.7. The summed E-state index contributed by atoms with van der Waals surface area (Å²) >= 11 is 0. The molecule has 0 N–H and O–H groups in total. The molecule has 4 atom stereocenters. The van der Waals surface area contributed by atoms with Crippen molar-refractivity contribution in [2.75, 3.05) is 7.11 Å². The number of carbonyl (C=O) groups is 1. The molecule has 0 aromatic heterocycles. The SMILES string of the molecule is CO[C@@](C)(C(=O)O[C@@H]1C[C@H](C)CC[C@H]1C(C)C)c1ccccc1C. The van der Waals surface area contributed by atoms with Crippen LogP contribution in [0.15, 0.2) is 24.3 Å². The molecule has 0 radical (unpaired) electrons. The zero-order valence-electron chi connectivity index (χ0n) is 16.0. The molecule has 0 saturated heterocycles. The molecule has 1 aromatic rings. The van der Waals surface area contributed by atoms with Crippen molar-refractivity contribution < 1.29 is 14.3 Å². The predicted octanol–water partition coefficient (Wildman–Crippen LogP) is 4.86. The molecule has 2 rings (SSSR count). The summed E-state index contributed by atoms with van der Waals surface area (Å²) in [5.74, 6) is 1.28. The van der Waals surface area contributed by atoms with Crippen molar-refractivity contribution in [2.45, 2.75) is 65.6 Å². The number of hydrogen-bond donors (Lipinski definition) is 0. The van der Waals surface area contributed by atoms with Crippen molar-refractivity contribution in [3.8, 4) is 0 Å². The first kappa shape index (κ1) is 19.0. The lowest BCUT2D eigenvalue weighted by atomic mass is 9.75. The number of aryl methyl sites for hydroxylation is 1. The Kier molecular flexibility index (Phi) is 6.08. The lowest BCUT2D eigenvalue weighted by molar-refractivity contribution is -0.180. The number of carbonyl (C=O) groups excluding carboxylic acids is 1. The molecular formula is C21H32O3. The number of methoxy groups -OCH3 is 1. The molecule has 1 saturated carbocycles. The molecule has 134 valence electrons. The Morgan fingerprint density at radius 1 is 1.25 bits per heavy atom. The van der Waals surface area contributed by atoms with E-state index in [2.05, 4.69) is 20.8 Å². The third kappa shape index (κ3) is 3.83. The fourth-order valence-electron chi connectivity index (χ4n) is 3.91. The Bertz CT molecular complexity index is 566. The molecule has 0 amide bonds. The molecular weight excluding hydrogens is 300 g/mol. The first-order valence-corrected chi connectivity index (χ1v) is 9.12. The standard InChI is InChI=1S/C21H32O3/c1-14(2)17-12-11-15(3)13-19(17)24-20(22)21(5,23-6)18-10-8-7-9-16(18)4/h7-10,14-15,17,19H,11-13H2,1-6H3/t15-,17+,19-,21-/m1/s1. The summed E-state index contributed by atoms with van der Waals surface area (Å²) in [6.07, 6.45) is 3.28. The Balaban J connectivity index is 2.23. The average molecular weight is 332 g/mol. The van der Waals surface area contributed by atoms with E-state index >= 15 is 0 Å². The van der Waals surface area contributed by atoms with Crippen LogP contribution in [0.2, 0.25) is 0 Å². The van der Waals surface area contributed by atoms with Crippen molar-refractivity contribution >= 4 is 5.97 Å². The number of benzene rings is 1. The van der Waals surface area contributed by atoms with Crippen LogP contribution in [0.1, 0.15) is 58.1 Å². The summed E-state index contributed by atoms with van der Waals surface area (Å²) in [7, 11) is 1.58. The van der Waals surface area contributed by atoms with Crippen LogP contribution in [0.3, 0.4) is 0 Å². The van der Waals surface area contributed by atoms with Crippen LogP contribution in [0, 0.1) is 24.7 Å². The van der Waals surface area contributed by atoms with Gasteiger partial charge in [0.05, 0.1) is 0 Å². The molecule has 1 fully saturated rings. The predicted molar refractivity (Wildman–Crippen MR) is 96.8 cm³/mol. The van der Waals surface area contributed by atoms with Crippen molar-refractivity contribution in [3.63, 3.8) is 0 Å². The fourth-order valence-corrected chi connectivity index (χ4v) is 3.91. The minimum atomic E-state index is -1.06. The lowest BCUT2D eigenvalue weighted by Gasteiger charge is -2.38. The van der Waals surface area contributed by atoms with Crippen LogP contribution in [0.5, 0.6) is 0 Å². The Morgan fingerprint density at radius 2 is 1.92 bits per heavy atom. The van der Waals surface area contributed by atoms with Crippen LogP contribution in [-0.2, 0) is 19.9 Å². The maximum absolute atomic E-state index is 13.0. The molecule has 0 spiro atoms. The van der Waals surface area contributed by atoms with E-state index in [-0.39, 0.29) is 12.1 Å². The van der Waals surface area contributed by atoms with Gasteiger partial charge in [0.15, 0.2) is 5.60 Å². The normalized spacial score (nSPS) is 26.9. The molecule has 0 bridgehead atoms. The van der Waals surface area contributed by atoms with Gasteiger partial charge in [0, 0.05) is 7.11 Å². The van der Waals surface area contributed by atoms with E-state index in [4.69, 9.17) is 9.47 Å². The summed E-state index contributed by atoms with van der Waals surface area (Å²) in [5.41, 5.74) is 0.853. The maximum atomic E-state index is 13.0. The monoisotopic (exact) mass is 332 g/mol. The third-order valence-electron chi connectivity index (χ3n) is 5.68. The van der Waals surface area contributed by atoms with Crippen LogP contribution >= 0.6 is 0 Å². The highest BCUT2D eigenvalue weighted by Gasteiger charge is 2.42. The minimum Gasteiger partial charge on any atom is -0.460 e. The topological polar surface area (TPSA) is 35.5 Å². The summed E-state index contributed by atoms with van der Waals surface area (Å²) in [4.78, 5) is 13.0. The van der Waals surface area contributed by atoms with Crippen molar-refractivity contribution in [2.24, 2.45) is 17.8 Å². The molecule has 24 heavy (non-hydrogen) atoms. The van der Waals surface area contributed by atoms with Gasteiger partial charge in [0.25, 0.3) is 0 Å². The molecule has 0 heterocycles. The molecule has 0 aliphatic heterocycles. The minimum absolute atomic E-state index is 0.0141. The quantitative estimate of drug-likeness (QED) is 0.722. The van der Waals surface area contributed by atoms with E-state index in [0.717, 1.165) is 24.0 Å². The average Bonchev–Trinajstić information content (AvgIpc) is 2.54. The first-order valence-electron chi connectivity index (χ1n) is 9.12. The van der Waals surface area contributed by atoms with E-state index in [1.807, 2.05) is 38.1 Å². The second-order valence-electron chi connectivity index (χ2n) is 7.82.